The molecule has 0 aromatic heterocycles. The first kappa shape index (κ1) is 11.3. The Labute approximate surface area is 71.1 Å². The average Bonchev–Trinajstić information content (AvgIpc) is 1.81. The van der Waals surface area contributed by atoms with Crippen molar-refractivity contribution in [3.63, 3.8) is 0 Å². The van der Waals surface area contributed by atoms with E-state index in [4.69, 9.17) is 13.9 Å². The van der Waals surface area contributed by atoms with Crippen molar-refractivity contribution in [3.05, 3.63) is 0 Å². The first-order valence-electron chi connectivity index (χ1n) is 3.00. The molecule has 0 aliphatic heterocycles. The van der Waals surface area contributed by atoms with E-state index in [0.717, 1.165) is 0 Å². The van der Waals surface area contributed by atoms with Crippen LogP contribution in [0, 0.1) is 0 Å². The fourth-order valence-corrected chi connectivity index (χ4v) is 1.31. The third kappa shape index (κ3) is 4.70. The van der Waals surface area contributed by atoms with Gasteiger partial charge in [0.1, 0.15) is 0 Å². The number of nitrogens with zero attached hydrogens (tertiary/aromatic N) is 1. The summed E-state index contributed by atoms with van der Waals surface area (Å²) in [4.78, 5) is 0. The Hall–Kier alpha value is 0.314. The number of hydrogen-bond acceptors (Lipinski definition) is 5. The molecule has 0 aromatic rings. The molecule has 3 N–H and O–H groups in total. The maximum absolute atomic E-state index is 10.2. The van der Waals surface area contributed by atoms with Crippen molar-refractivity contribution in [1.29, 1.82) is 0 Å². The second-order valence-corrected chi connectivity index (χ2v) is 3.10. The van der Waals surface area contributed by atoms with Gasteiger partial charge in [-0.3, -0.25) is 0 Å². The minimum absolute atomic E-state index is 0.655. The zero-order valence-corrected chi connectivity index (χ0v) is 7.82. The molecule has 0 aliphatic rings. The van der Waals surface area contributed by atoms with E-state index in [-0.39, 0.29) is 0 Å². The van der Waals surface area contributed by atoms with Crippen LogP contribution in [-0.2, 0) is 25.4 Å². The second-order valence-electron chi connectivity index (χ2n) is 1.98. The van der Waals surface area contributed by atoms with Crippen molar-refractivity contribution in [2.24, 2.45) is 0 Å². The third-order valence-corrected chi connectivity index (χ3v) is 1.49. The molecular weight excluding hydrogens is 190 g/mol. The second kappa shape index (κ2) is 5.05. The van der Waals surface area contributed by atoms with E-state index in [1.54, 1.807) is 0 Å². The molecule has 0 fully saturated rings. The van der Waals surface area contributed by atoms with Gasteiger partial charge in [0.15, 0.2) is 0 Å². The molecule has 0 amide bonds. The van der Waals surface area contributed by atoms with Crippen LogP contribution in [0.3, 0.4) is 0 Å². The molecule has 7 heteroatoms. The van der Waals surface area contributed by atoms with Crippen LogP contribution >= 0.6 is 0 Å². The van der Waals surface area contributed by atoms with Gasteiger partial charge in [-0.05, 0) is 0 Å². The van der Waals surface area contributed by atoms with Crippen LogP contribution < -0.4 is 0 Å². The van der Waals surface area contributed by atoms with Gasteiger partial charge >= 0.3 is 70.6 Å². The average molecular weight is 201 g/mol. The quantitative estimate of drug-likeness (QED) is 0.297. The van der Waals surface area contributed by atoms with Crippen molar-refractivity contribution in [3.8, 4) is 0 Å². The Morgan fingerprint density at radius 2 is 1.73 bits per heavy atom. The van der Waals surface area contributed by atoms with Crippen LogP contribution in [0.5, 0.6) is 0 Å². The Morgan fingerprint density at radius 1 is 1.36 bits per heavy atom. The summed E-state index contributed by atoms with van der Waals surface area (Å²) in [7, 11) is 0. The normalized spacial score (nSPS) is 16.5. The van der Waals surface area contributed by atoms with E-state index in [2.05, 4.69) is 3.42 Å². The van der Waals surface area contributed by atoms with Crippen LogP contribution in [0.1, 0.15) is 13.8 Å². The molecule has 0 heterocycles. The number of hydroxylamine groups is 2. The first-order chi connectivity index (χ1) is 4.95. The summed E-state index contributed by atoms with van der Waals surface area (Å²) in [6, 6.07) is 0. The van der Waals surface area contributed by atoms with Gasteiger partial charge in [0.05, 0.1) is 0 Å². The molecule has 11 heavy (non-hydrogen) atoms. The number of aliphatic hydroxyl groups excluding tert-OH is 2. The van der Waals surface area contributed by atoms with Gasteiger partial charge in [-0.15, -0.1) is 0 Å². The Bertz CT molecular complexity index is 130. The van der Waals surface area contributed by atoms with E-state index in [9.17, 15) is 3.32 Å². The molecule has 6 nitrogen and oxygen atoms in total. The van der Waals surface area contributed by atoms with Crippen molar-refractivity contribution >= 4 is 0 Å². The molecule has 0 saturated heterocycles. The van der Waals surface area contributed by atoms with Gasteiger partial charge in [-0.25, -0.2) is 0 Å². The van der Waals surface area contributed by atoms with Gasteiger partial charge < -0.3 is 0 Å². The van der Waals surface area contributed by atoms with E-state index >= 15 is 0 Å². The zero-order chi connectivity index (χ0) is 9.02. The fraction of sp³-hybridized carbons (Fsp3) is 1.00. The van der Waals surface area contributed by atoms with Gasteiger partial charge in [0.2, 0.25) is 0 Å². The molecule has 66 valence electrons. The fourth-order valence-electron chi connectivity index (χ4n) is 0.555. The summed E-state index contributed by atoms with van der Waals surface area (Å²) < 4.78 is 22.8. The van der Waals surface area contributed by atoms with Crippen LogP contribution in [0.15, 0.2) is 0 Å². The van der Waals surface area contributed by atoms with Gasteiger partial charge in [-0.2, -0.15) is 0 Å². The monoisotopic (exact) mass is 201 g/mol. The Morgan fingerprint density at radius 3 is 1.82 bits per heavy atom. The van der Waals surface area contributed by atoms with Crippen LogP contribution in [0.25, 0.3) is 0 Å². The van der Waals surface area contributed by atoms with Gasteiger partial charge in [0.25, 0.3) is 0 Å². The summed E-state index contributed by atoms with van der Waals surface area (Å²) in [5.41, 5.74) is 0. The molecule has 0 spiro atoms. The first-order valence-corrected chi connectivity index (χ1v) is 4.98. The van der Waals surface area contributed by atoms with Gasteiger partial charge in [0, 0.05) is 0 Å². The van der Waals surface area contributed by atoms with Crippen molar-refractivity contribution in [2.45, 2.75) is 26.3 Å². The predicted octanol–water partition coefficient (Wildman–Crippen LogP) is -1.32. The van der Waals surface area contributed by atoms with Crippen molar-refractivity contribution in [2.75, 3.05) is 0 Å². The minimum atomic E-state index is -3.72. The van der Waals surface area contributed by atoms with E-state index in [1.807, 2.05) is 0 Å². The van der Waals surface area contributed by atoms with E-state index in [1.165, 1.54) is 13.8 Å². The van der Waals surface area contributed by atoms with Crippen LogP contribution in [0.4, 0.5) is 0 Å². The molecule has 0 bridgehead atoms. The van der Waals surface area contributed by atoms with E-state index in [0.29, 0.717) is 5.06 Å². The molecule has 0 radical (unpaired) electrons. The van der Waals surface area contributed by atoms with Crippen LogP contribution in [0.2, 0.25) is 0 Å². The van der Waals surface area contributed by atoms with Crippen molar-refractivity contribution < 1.29 is 39.3 Å². The summed E-state index contributed by atoms with van der Waals surface area (Å²) in [5, 5.41) is 18.4. The standard InChI is InChI=1S/C4H10NO3.H2O.O.Ti/c1-3(6)5(8)4(2)7;;;/h3-4,6-7H,1-2H3;1H2;;/q-1;;;+2/p-1. The summed E-state index contributed by atoms with van der Waals surface area (Å²) in [5.74, 6) is 0. The Kier molecular flexibility index (Phi) is 5.19. The summed E-state index contributed by atoms with van der Waals surface area (Å²) in [6.07, 6.45) is -2.22. The summed E-state index contributed by atoms with van der Waals surface area (Å²) >= 11 is -3.72. The third-order valence-electron chi connectivity index (χ3n) is 0.920. The molecule has 0 rings (SSSR count). The molecule has 2 atom stereocenters. The zero-order valence-electron chi connectivity index (χ0n) is 6.26. The Balaban J connectivity index is 4.00. The number of rotatable bonds is 4. The van der Waals surface area contributed by atoms with Crippen LogP contribution in [-0.4, -0.2) is 31.4 Å². The molecule has 0 saturated carbocycles. The number of hydrogen-bond donors (Lipinski definition) is 3. The molecule has 0 aliphatic carbocycles. The topological polar surface area (TPSA) is 90.2 Å². The summed E-state index contributed by atoms with van der Waals surface area (Å²) in [6.45, 7) is 2.63. The molecule has 2 unspecified atom stereocenters. The van der Waals surface area contributed by atoms with E-state index < -0.39 is 31.1 Å². The number of aliphatic hydroxyl groups is 2. The molecule has 0 aromatic carbocycles. The maximum atomic E-state index is 10.2. The SMILES string of the molecule is CC(O)N([O][Ti](=[O])[OH])C(C)O. The van der Waals surface area contributed by atoms with Crippen molar-refractivity contribution in [1.82, 2.24) is 5.06 Å². The van der Waals surface area contributed by atoms with Gasteiger partial charge in [-0.1, -0.05) is 0 Å². The predicted molar refractivity (Wildman–Crippen MR) is 29.2 cm³/mol. The molecular formula is C4H11NO5Ti.